The van der Waals surface area contributed by atoms with Gasteiger partial charge in [-0.2, -0.15) is 10.2 Å². The van der Waals surface area contributed by atoms with Gasteiger partial charge in [-0.25, -0.2) is 0 Å². The number of nitrogens with one attached hydrogen (secondary N) is 2. The van der Waals surface area contributed by atoms with Crippen molar-refractivity contribution in [2.75, 3.05) is 10.6 Å². The van der Waals surface area contributed by atoms with E-state index in [0.29, 0.717) is 39.1 Å². The van der Waals surface area contributed by atoms with Crippen LogP contribution < -0.4 is 10.6 Å². The molecular formula is C21H16BrCl3N6S. The third-order valence-corrected chi connectivity index (χ3v) is 6.22. The quantitative estimate of drug-likeness (QED) is 0.253. The average molecular weight is 571 g/mol. The van der Waals surface area contributed by atoms with E-state index in [9.17, 15) is 0 Å². The summed E-state index contributed by atoms with van der Waals surface area (Å²) < 4.78 is 4.31. The highest BCUT2D eigenvalue weighted by Gasteiger charge is 2.11. The van der Waals surface area contributed by atoms with E-state index in [1.807, 2.05) is 42.7 Å². The van der Waals surface area contributed by atoms with E-state index in [-0.39, 0.29) is 0 Å². The third kappa shape index (κ3) is 5.82. The normalized spacial score (nSPS) is 10.9. The van der Waals surface area contributed by atoms with E-state index >= 15 is 0 Å². The monoisotopic (exact) mass is 568 g/mol. The van der Waals surface area contributed by atoms with Gasteiger partial charge in [0, 0.05) is 27.5 Å². The van der Waals surface area contributed by atoms with Crippen molar-refractivity contribution in [1.82, 2.24) is 19.6 Å². The first-order chi connectivity index (χ1) is 15.4. The zero-order valence-corrected chi connectivity index (χ0v) is 21.1. The van der Waals surface area contributed by atoms with Crippen LogP contribution in [0.1, 0.15) is 11.1 Å². The molecule has 0 bridgehead atoms. The molecule has 0 fully saturated rings. The molecule has 4 aromatic rings. The first-order valence-corrected chi connectivity index (χ1v) is 11.7. The Kier molecular flexibility index (Phi) is 7.37. The van der Waals surface area contributed by atoms with Crippen LogP contribution in [0.5, 0.6) is 0 Å². The van der Waals surface area contributed by atoms with Crippen LogP contribution in [0.2, 0.25) is 15.1 Å². The summed E-state index contributed by atoms with van der Waals surface area (Å²) in [6.07, 6.45) is 5.39. The number of aromatic nitrogens is 4. The Bertz CT molecular complexity index is 1270. The summed E-state index contributed by atoms with van der Waals surface area (Å²) in [5.74, 6) is 0.580. The van der Waals surface area contributed by atoms with Gasteiger partial charge in [-0.1, -0.05) is 59.1 Å². The average Bonchev–Trinajstić information content (AvgIpc) is 3.32. The van der Waals surface area contributed by atoms with Crippen molar-refractivity contribution in [3.05, 3.63) is 91.7 Å². The fraction of sp³-hybridized carbons (Fsp3) is 0.0952. The van der Waals surface area contributed by atoms with E-state index in [0.717, 1.165) is 21.3 Å². The zero-order chi connectivity index (χ0) is 22.7. The molecule has 0 atom stereocenters. The Morgan fingerprint density at radius 3 is 2.47 bits per heavy atom. The standard InChI is InChI=1S/C21H16BrCl3N6S/c22-17-12-31(10-14-5-6-15(23)7-19(14)25)29-20(17)28-21(32)27-16-8-26-30(11-16)9-13-3-1-2-4-18(13)24/h1-8,11-12H,9-10H2,(H2,27,28,29,32). The van der Waals surface area contributed by atoms with Crippen LogP contribution >= 0.6 is 63.0 Å². The molecule has 2 N–H and O–H groups in total. The summed E-state index contributed by atoms with van der Waals surface area (Å²) in [6, 6.07) is 13.0. The van der Waals surface area contributed by atoms with Crippen molar-refractivity contribution in [1.29, 1.82) is 0 Å². The summed E-state index contributed by atoms with van der Waals surface area (Å²) in [6.45, 7) is 1.05. The van der Waals surface area contributed by atoms with Crippen molar-refractivity contribution in [2.45, 2.75) is 13.1 Å². The van der Waals surface area contributed by atoms with Gasteiger partial charge >= 0.3 is 0 Å². The molecule has 0 saturated heterocycles. The maximum atomic E-state index is 6.26. The molecule has 0 radical (unpaired) electrons. The molecule has 0 unspecified atom stereocenters. The summed E-state index contributed by atoms with van der Waals surface area (Å²) in [7, 11) is 0. The number of hydrogen-bond donors (Lipinski definition) is 2. The zero-order valence-electron chi connectivity index (χ0n) is 16.4. The molecule has 6 nitrogen and oxygen atoms in total. The predicted octanol–water partition coefficient (Wildman–Crippen LogP) is 6.71. The van der Waals surface area contributed by atoms with Crippen LogP contribution in [0.15, 0.2) is 65.5 Å². The molecule has 0 aliphatic rings. The van der Waals surface area contributed by atoms with Crippen LogP contribution in [-0.2, 0) is 13.1 Å². The van der Waals surface area contributed by atoms with E-state index in [4.69, 9.17) is 47.0 Å². The lowest BCUT2D eigenvalue weighted by Crippen LogP contribution is -2.19. The number of rotatable bonds is 6. The highest BCUT2D eigenvalue weighted by atomic mass is 79.9. The highest BCUT2D eigenvalue weighted by Crippen LogP contribution is 2.25. The molecule has 164 valence electrons. The highest BCUT2D eigenvalue weighted by molar-refractivity contribution is 9.10. The maximum absolute atomic E-state index is 6.26. The lowest BCUT2D eigenvalue weighted by atomic mass is 10.2. The van der Waals surface area contributed by atoms with Gasteiger partial charge in [0.2, 0.25) is 0 Å². The smallest absolute Gasteiger partial charge is 0.176 e. The topological polar surface area (TPSA) is 59.7 Å². The second-order valence-corrected chi connectivity index (χ2v) is 9.37. The number of nitrogens with zero attached hydrogens (tertiary/aromatic N) is 4. The summed E-state index contributed by atoms with van der Waals surface area (Å²) in [5, 5.41) is 17.3. The van der Waals surface area contributed by atoms with Crippen LogP contribution in [0.3, 0.4) is 0 Å². The maximum Gasteiger partial charge on any atom is 0.176 e. The van der Waals surface area contributed by atoms with E-state index < -0.39 is 0 Å². The van der Waals surface area contributed by atoms with Crippen molar-refractivity contribution < 1.29 is 0 Å². The van der Waals surface area contributed by atoms with Crippen LogP contribution in [0, 0.1) is 0 Å². The summed E-state index contributed by atoms with van der Waals surface area (Å²) >= 11 is 27.4. The van der Waals surface area contributed by atoms with Crippen molar-refractivity contribution >= 4 is 79.6 Å². The third-order valence-electron chi connectivity index (χ3n) is 4.48. The Hall–Kier alpha value is -2.10. The minimum absolute atomic E-state index is 0.387. The number of anilines is 2. The second kappa shape index (κ2) is 10.2. The number of halogens is 4. The van der Waals surface area contributed by atoms with E-state index in [1.54, 1.807) is 27.7 Å². The van der Waals surface area contributed by atoms with Crippen molar-refractivity contribution in [3.63, 3.8) is 0 Å². The van der Waals surface area contributed by atoms with Gasteiger partial charge in [0.25, 0.3) is 0 Å². The van der Waals surface area contributed by atoms with Gasteiger partial charge in [-0.15, -0.1) is 0 Å². The summed E-state index contributed by atoms with van der Waals surface area (Å²) in [5.41, 5.74) is 2.64. The molecule has 2 aromatic heterocycles. The molecule has 11 heteroatoms. The van der Waals surface area contributed by atoms with E-state index in [1.165, 1.54) is 0 Å². The number of thiocarbonyl (C=S) groups is 1. The van der Waals surface area contributed by atoms with Crippen LogP contribution in [-0.4, -0.2) is 24.7 Å². The second-order valence-electron chi connectivity index (χ2n) is 6.86. The van der Waals surface area contributed by atoms with Crippen molar-refractivity contribution in [2.24, 2.45) is 0 Å². The lowest BCUT2D eigenvalue weighted by molar-refractivity contribution is 0.687. The SMILES string of the molecule is S=C(Nc1cnn(Cc2ccccc2Cl)c1)Nc1nn(Cc2ccc(Cl)cc2Cl)cc1Br. The largest absolute Gasteiger partial charge is 0.330 e. The molecule has 2 aromatic carbocycles. The Balaban J connectivity index is 1.37. The Labute approximate surface area is 213 Å². The van der Waals surface area contributed by atoms with Gasteiger partial charge in [0.15, 0.2) is 10.9 Å². The number of benzene rings is 2. The Morgan fingerprint density at radius 2 is 1.69 bits per heavy atom. The number of hydrogen-bond acceptors (Lipinski definition) is 3. The minimum atomic E-state index is 0.387. The van der Waals surface area contributed by atoms with Gasteiger partial charge in [-0.3, -0.25) is 9.36 Å². The molecule has 0 saturated carbocycles. The molecule has 2 heterocycles. The summed E-state index contributed by atoms with van der Waals surface area (Å²) in [4.78, 5) is 0. The predicted molar refractivity (Wildman–Crippen MR) is 138 cm³/mol. The minimum Gasteiger partial charge on any atom is -0.330 e. The molecule has 0 amide bonds. The molecule has 0 aliphatic heterocycles. The molecule has 0 aliphatic carbocycles. The van der Waals surface area contributed by atoms with E-state index in [2.05, 4.69) is 36.8 Å². The molecular weight excluding hydrogens is 555 g/mol. The first kappa shape index (κ1) is 23.1. The first-order valence-electron chi connectivity index (χ1n) is 9.38. The molecule has 32 heavy (non-hydrogen) atoms. The Morgan fingerprint density at radius 1 is 0.938 bits per heavy atom. The molecule has 4 rings (SSSR count). The fourth-order valence-electron chi connectivity index (χ4n) is 2.97. The van der Waals surface area contributed by atoms with Gasteiger partial charge in [0.05, 0.1) is 29.4 Å². The van der Waals surface area contributed by atoms with Crippen LogP contribution in [0.25, 0.3) is 0 Å². The van der Waals surface area contributed by atoms with Crippen LogP contribution in [0.4, 0.5) is 11.5 Å². The van der Waals surface area contributed by atoms with Gasteiger partial charge < -0.3 is 10.6 Å². The lowest BCUT2D eigenvalue weighted by Gasteiger charge is -2.07. The van der Waals surface area contributed by atoms with Gasteiger partial charge in [0.1, 0.15) is 0 Å². The fourth-order valence-corrected chi connectivity index (χ4v) is 4.27. The van der Waals surface area contributed by atoms with Crippen molar-refractivity contribution in [3.8, 4) is 0 Å². The molecule has 0 spiro atoms. The van der Waals surface area contributed by atoms with Gasteiger partial charge in [-0.05, 0) is 57.5 Å².